The summed E-state index contributed by atoms with van der Waals surface area (Å²) in [6, 6.07) is 24.1. The Morgan fingerprint density at radius 3 is 1.35 bits per heavy atom. The first kappa shape index (κ1) is 39.9. The van der Waals surface area contributed by atoms with Gasteiger partial charge in [-0.25, -0.2) is 19.2 Å². The predicted molar refractivity (Wildman–Crippen MR) is 198 cm³/mol. The summed E-state index contributed by atoms with van der Waals surface area (Å²) in [7, 11) is 1.50. The van der Waals surface area contributed by atoms with Crippen LogP contribution in [0.4, 0.5) is 0 Å². The molecule has 0 radical (unpaired) electrons. The van der Waals surface area contributed by atoms with Crippen LogP contribution in [0, 0.1) is 0 Å². The number of esters is 4. The molecule has 10 heteroatoms. The molecule has 4 aromatic carbocycles. The second-order valence-corrected chi connectivity index (χ2v) is 11.6. The van der Waals surface area contributed by atoms with E-state index in [1.807, 2.05) is 12.1 Å². The molecule has 0 atom stereocenters. The molecule has 52 heavy (non-hydrogen) atoms. The number of rotatable bonds is 12. The van der Waals surface area contributed by atoms with E-state index in [1.54, 1.807) is 100 Å². The first-order valence-electron chi connectivity index (χ1n) is 15.8. The maximum Gasteiger partial charge on any atom is 0.338 e. The molecular weight excluding hydrogens is 664 g/mol. The van der Waals surface area contributed by atoms with Gasteiger partial charge in [-0.3, -0.25) is 0 Å². The van der Waals surface area contributed by atoms with Crippen LogP contribution in [0.3, 0.4) is 0 Å². The highest BCUT2D eigenvalue weighted by Crippen LogP contribution is 2.34. The minimum atomic E-state index is -0.523. The minimum absolute atomic E-state index is 0.222. The second-order valence-electron chi connectivity index (χ2n) is 11.6. The molecule has 1 N–H and O–H groups in total. The molecule has 0 unspecified atom stereocenters. The molecule has 0 saturated heterocycles. The standard InChI is InChI=1S/2C21H20O5/c1-13(2)20(22)25-17-9-6-15(7-10-17)16-8-11-18(19(12-16)24-5)26-21(23)14(3)4;1-13(2)20(23)25-17-7-5-15(6-8-17)19-10-9-18(11-16(19)12-22)26-21(24)14(3)4/h6-12H,1,3H2,2,4-5H3;5-11,22H,1,3,12H2,2,4H3. The Kier molecular flexibility index (Phi) is 14.2. The number of ether oxygens (including phenoxy) is 5. The number of aliphatic hydroxyl groups excluding tert-OH is 1. The Bertz CT molecular complexity index is 2020. The van der Waals surface area contributed by atoms with Crippen molar-refractivity contribution in [1.29, 1.82) is 0 Å². The zero-order valence-corrected chi connectivity index (χ0v) is 29.7. The molecule has 0 bridgehead atoms. The highest BCUT2D eigenvalue weighted by molar-refractivity contribution is 5.90. The quantitative estimate of drug-likeness (QED) is 0.0875. The Morgan fingerprint density at radius 1 is 0.500 bits per heavy atom. The lowest BCUT2D eigenvalue weighted by Crippen LogP contribution is -2.09. The summed E-state index contributed by atoms with van der Waals surface area (Å²) in [4.78, 5) is 46.4. The first-order valence-corrected chi connectivity index (χ1v) is 15.8. The van der Waals surface area contributed by atoms with Gasteiger partial charge in [-0.1, -0.05) is 62.7 Å². The molecule has 0 aliphatic carbocycles. The lowest BCUT2D eigenvalue weighted by atomic mass is 9.99. The average molecular weight is 705 g/mol. The lowest BCUT2D eigenvalue weighted by molar-refractivity contribution is -0.131. The van der Waals surface area contributed by atoms with Gasteiger partial charge in [-0.05, 0) is 104 Å². The number of carbonyl (C=O) groups excluding carboxylic acids is 4. The van der Waals surface area contributed by atoms with E-state index in [0.29, 0.717) is 56.6 Å². The third kappa shape index (κ3) is 11.3. The average Bonchev–Trinajstić information content (AvgIpc) is 3.12. The zero-order valence-electron chi connectivity index (χ0n) is 29.7. The van der Waals surface area contributed by atoms with E-state index in [1.165, 1.54) is 7.11 Å². The molecule has 0 amide bonds. The van der Waals surface area contributed by atoms with Crippen molar-refractivity contribution < 1.29 is 48.0 Å². The molecule has 10 nitrogen and oxygen atoms in total. The molecule has 0 heterocycles. The topological polar surface area (TPSA) is 135 Å². The van der Waals surface area contributed by atoms with Crippen molar-refractivity contribution in [2.24, 2.45) is 0 Å². The minimum Gasteiger partial charge on any atom is -0.493 e. The molecular formula is C42H40O10. The van der Waals surface area contributed by atoms with Crippen LogP contribution < -0.4 is 23.7 Å². The van der Waals surface area contributed by atoms with Gasteiger partial charge in [0.15, 0.2) is 11.5 Å². The maximum atomic E-state index is 11.7. The molecule has 268 valence electrons. The number of benzene rings is 4. The van der Waals surface area contributed by atoms with Crippen molar-refractivity contribution in [3.63, 3.8) is 0 Å². The summed E-state index contributed by atoms with van der Waals surface area (Å²) in [6.07, 6.45) is 0. The summed E-state index contributed by atoms with van der Waals surface area (Å²) in [5, 5.41) is 9.65. The van der Waals surface area contributed by atoms with E-state index in [2.05, 4.69) is 26.3 Å². The fourth-order valence-corrected chi connectivity index (χ4v) is 4.16. The van der Waals surface area contributed by atoms with E-state index < -0.39 is 23.9 Å². The number of hydrogen-bond donors (Lipinski definition) is 1. The molecule has 0 aromatic heterocycles. The first-order chi connectivity index (χ1) is 24.6. The molecule has 4 aromatic rings. The van der Waals surface area contributed by atoms with Crippen LogP contribution in [0.15, 0.2) is 134 Å². The molecule has 4 rings (SSSR count). The number of carbonyl (C=O) groups is 4. The zero-order chi connectivity index (χ0) is 38.5. The number of aliphatic hydroxyl groups is 1. The summed E-state index contributed by atoms with van der Waals surface area (Å²) >= 11 is 0. The van der Waals surface area contributed by atoms with Crippen LogP contribution in [-0.2, 0) is 25.8 Å². The van der Waals surface area contributed by atoms with E-state index in [-0.39, 0.29) is 6.61 Å². The summed E-state index contributed by atoms with van der Waals surface area (Å²) in [6.45, 7) is 20.2. The number of methoxy groups -OCH3 is 1. The van der Waals surface area contributed by atoms with Crippen LogP contribution in [0.2, 0.25) is 0 Å². The fraction of sp³-hybridized carbons (Fsp3) is 0.143. The molecule has 0 saturated carbocycles. The van der Waals surface area contributed by atoms with Crippen LogP contribution in [0.5, 0.6) is 28.7 Å². The SMILES string of the molecule is C=C(C)C(=O)Oc1ccc(-c2ccc(OC(=O)C(=C)C)c(OC)c2)cc1.C=C(C)C(=O)Oc1ccc(-c2ccc(OC(=O)C(=C)C)cc2CO)cc1. The van der Waals surface area contributed by atoms with Gasteiger partial charge in [-0.2, -0.15) is 0 Å². The largest absolute Gasteiger partial charge is 0.493 e. The Labute approximate surface area is 302 Å². The van der Waals surface area contributed by atoms with Crippen LogP contribution in [-0.4, -0.2) is 36.1 Å². The van der Waals surface area contributed by atoms with E-state index in [4.69, 9.17) is 23.7 Å². The predicted octanol–water partition coefficient (Wildman–Crippen LogP) is 8.13. The third-order valence-corrected chi connectivity index (χ3v) is 6.99. The van der Waals surface area contributed by atoms with E-state index in [9.17, 15) is 24.3 Å². The smallest absolute Gasteiger partial charge is 0.338 e. The second kappa shape index (κ2) is 18.5. The normalized spacial score (nSPS) is 10.0. The number of hydrogen-bond acceptors (Lipinski definition) is 10. The van der Waals surface area contributed by atoms with Gasteiger partial charge >= 0.3 is 23.9 Å². The molecule has 0 aliphatic rings. The molecule has 0 spiro atoms. The van der Waals surface area contributed by atoms with Crippen molar-refractivity contribution in [2.75, 3.05) is 7.11 Å². The van der Waals surface area contributed by atoms with E-state index in [0.717, 1.165) is 22.3 Å². The summed E-state index contributed by atoms with van der Waals surface area (Å²) in [5.41, 5.74) is 5.18. The Hall–Kier alpha value is -6.52. The Morgan fingerprint density at radius 2 is 0.904 bits per heavy atom. The van der Waals surface area contributed by atoms with Crippen molar-refractivity contribution in [2.45, 2.75) is 34.3 Å². The highest BCUT2D eigenvalue weighted by atomic mass is 16.6. The van der Waals surface area contributed by atoms with Crippen LogP contribution in [0.25, 0.3) is 22.3 Å². The van der Waals surface area contributed by atoms with Gasteiger partial charge in [0.1, 0.15) is 17.2 Å². The fourth-order valence-electron chi connectivity index (χ4n) is 4.16. The monoisotopic (exact) mass is 704 g/mol. The van der Waals surface area contributed by atoms with Gasteiger partial charge in [0.2, 0.25) is 0 Å². The summed E-state index contributed by atoms with van der Waals surface area (Å²) < 4.78 is 26.1. The van der Waals surface area contributed by atoms with Gasteiger partial charge in [0.05, 0.1) is 13.7 Å². The summed E-state index contributed by atoms with van der Waals surface area (Å²) in [5.74, 6) is -0.0883. The van der Waals surface area contributed by atoms with Crippen LogP contribution in [0.1, 0.15) is 33.3 Å². The lowest BCUT2D eigenvalue weighted by Gasteiger charge is -2.11. The van der Waals surface area contributed by atoms with Gasteiger partial charge < -0.3 is 28.8 Å². The van der Waals surface area contributed by atoms with Crippen molar-refractivity contribution in [1.82, 2.24) is 0 Å². The maximum absolute atomic E-state index is 11.7. The van der Waals surface area contributed by atoms with Crippen LogP contribution >= 0.6 is 0 Å². The van der Waals surface area contributed by atoms with Crippen molar-refractivity contribution in [3.8, 4) is 51.0 Å². The van der Waals surface area contributed by atoms with Gasteiger partial charge in [0, 0.05) is 22.3 Å². The Balaban J connectivity index is 0.000000280. The highest BCUT2D eigenvalue weighted by Gasteiger charge is 2.14. The molecule has 0 aliphatic heterocycles. The van der Waals surface area contributed by atoms with Crippen molar-refractivity contribution in [3.05, 3.63) is 139 Å². The van der Waals surface area contributed by atoms with Gasteiger partial charge in [-0.15, -0.1) is 0 Å². The molecule has 0 fully saturated rings. The third-order valence-electron chi connectivity index (χ3n) is 6.99. The van der Waals surface area contributed by atoms with E-state index >= 15 is 0 Å². The van der Waals surface area contributed by atoms with Crippen molar-refractivity contribution >= 4 is 23.9 Å². The van der Waals surface area contributed by atoms with Gasteiger partial charge in [0.25, 0.3) is 0 Å².